The van der Waals surface area contributed by atoms with E-state index in [1.165, 1.54) is 24.7 Å². The second-order valence-corrected chi connectivity index (χ2v) is 8.44. The van der Waals surface area contributed by atoms with Gasteiger partial charge in [-0.1, -0.05) is 11.3 Å². The second kappa shape index (κ2) is 9.30. The Bertz CT molecular complexity index is 1610. The van der Waals surface area contributed by atoms with Crippen molar-refractivity contribution < 1.29 is 27.2 Å². The summed E-state index contributed by atoms with van der Waals surface area (Å²) in [7, 11) is 0. The number of thiazole rings is 1. The van der Waals surface area contributed by atoms with Crippen LogP contribution in [-0.4, -0.2) is 42.3 Å². The highest BCUT2D eigenvalue weighted by Gasteiger charge is 2.31. The van der Waals surface area contributed by atoms with E-state index < -0.39 is 35.2 Å². The SMILES string of the molecule is O=C(Nc1ncc(-c2cc(C(=O)Nc3ccn[nH]3)c3cn[nH]c3n2)s1)Nc1cc(C(F)(F)F)ccc1F. The first kappa shape index (κ1) is 23.9. The molecule has 5 N–H and O–H groups in total. The summed E-state index contributed by atoms with van der Waals surface area (Å²) >= 11 is 0.972. The van der Waals surface area contributed by atoms with Gasteiger partial charge in [0.15, 0.2) is 10.8 Å². The van der Waals surface area contributed by atoms with Crippen LogP contribution in [0.5, 0.6) is 0 Å². The van der Waals surface area contributed by atoms with E-state index in [1.807, 2.05) is 5.32 Å². The Morgan fingerprint density at radius 2 is 1.81 bits per heavy atom. The van der Waals surface area contributed by atoms with Crippen molar-refractivity contribution in [3.63, 3.8) is 0 Å². The fraction of sp³-hybridized carbons (Fsp3) is 0.0476. The van der Waals surface area contributed by atoms with Crippen molar-refractivity contribution in [2.75, 3.05) is 16.0 Å². The fourth-order valence-corrected chi connectivity index (χ4v) is 4.03. The van der Waals surface area contributed by atoms with Gasteiger partial charge < -0.3 is 10.6 Å². The number of pyridine rings is 1. The van der Waals surface area contributed by atoms with E-state index in [4.69, 9.17) is 0 Å². The number of amides is 3. The van der Waals surface area contributed by atoms with E-state index in [1.54, 1.807) is 6.07 Å². The van der Waals surface area contributed by atoms with E-state index in [9.17, 15) is 27.2 Å². The quantitative estimate of drug-likeness (QED) is 0.204. The molecule has 3 amide bonds. The van der Waals surface area contributed by atoms with Gasteiger partial charge in [0, 0.05) is 12.3 Å². The Labute approximate surface area is 207 Å². The molecule has 0 aliphatic heterocycles. The molecular weight excluding hydrogens is 518 g/mol. The average molecular weight is 531 g/mol. The van der Waals surface area contributed by atoms with E-state index in [-0.39, 0.29) is 10.7 Å². The molecule has 0 radical (unpaired) electrons. The van der Waals surface area contributed by atoms with Crippen LogP contribution in [0.4, 0.5) is 39.0 Å². The number of H-pyrrole nitrogens is 2. The van der Waals surface area contributed by atoms with Gasteiger partial charge >= 0.3 is 12.2 Å². The van der Waals surface area contributed by atoms with Crippen LogP contribution in [0.2, 0.25) is 0 Å². The summed E-state index contributed by atoms with van der Waals surface area (Å²) < 4.78 is 52.6. The van der Waals surface area contributed by atoms with Crippen LogP contribution < -0.4 is 16.0 Å². The Hall–Kier alpha value is -4.86. The minimum absolute atomic E-state index is 0.0508. The van der Waals surface area contributed by atoms with Crippen molar-refractivity contribution in [1.29, 1.82) is 0 Å². The van der Waals surface area contributed by atoms with Crippen molar-refractivity contribution in [3.8, 4) is 10.6 Å². The van der Waals surface area contributed by atoms with Gasteiger partial charge in [0.05, 0.1) is 45.2 Å². The molecule has 16 heteroatoms. The number of carbonyl (C=O) groups is 2. The number of hydrogen-bond acceptors (Lipinski definition) is 7. The van der Waals surface area contributed by atoms with Crippen LogP contribution in [0.3, 0.4) is 0 Å². The third-order valence-electron chi connectivity index (χ3n) is 4.94. The lowest BCUT2D eigenvalue weighted by atomic mass is 10.1. The van der Waals surface area contributed by atoms with Crippen LogP contribution in [0, 0.1) is 5.82 Å². The number of fused-ring (bicyclic) bond motifs is 1. The number of nitrogens with zero attached hydrogens (tertiary/aromatic N) is 4. The number of halogens is 4. The van der Waals surface area contributed by atoms with Gasteiger partial charge in [-0.2, -0.15) is 23.4 Å². The Kier molecular flexibility index (Phi) is 6.00. The number of aromatic amines is 2. The third-order valence-corrected chi connectivity index (χ3v) is 5.87. The first-order valence-electron chi connectivity index (χ1n) is 10.2. The maximum atomic E-state index is 13.9. The average Bonchev–Trinajstić information content (AvgIpc) is 3.61. The number of carbonyl (C=O) groups excluding carboxylic acids is 2. The van der Waals surface area contributed by atoms with E-state index >= 15 is 0 Å². The summed E-state index contributed by atoms with van der Waals surface area (Å²) in [6.07, 6.45) is -0.400. The molecular formula is C21H13F4N9O2S. The molecule has 4 aromatic heterocycles. The van der Waals surface area contributed by atoms with Crippen LogP contribution in [0.1, 0.15) is 15.9 Å². The second-order valence-electron chi connectivity index (χ2n) is 7.41. The first-order chi connectivity index (χ1) is 17.7. The lowest BCUT2D eigenvalue weighted by molar-refractivity contribution is -0.137. The highest BCUT2D eigenvalue weighted by Crippen LogP contribution is 2.33. The summed E-state index contributed by atoms with van der Waals surface area (Å²) in [5.74, 6) is -1.11. The van der Waals surface area contributed by atoms with Crippen LogP contribution in [0.15, 0.2) is 48.9 Å². The lowest BCUT2D eigenvalue weighted by Crippen LogP contribution is -2.20. The van der Waals surface area contributed by atoms with Gasteiger partial charge in [0.2, 0.25) is 0 Å². The molecule has 0 atom stereocenters. The number of nitrogens with one attached hydrogen (secondary N) is 5. The minimum Gasteiger partial charge on any atom is -0.307 e. The molecule has 0 fully saturated rings. The third kappa shape index (κ3) is 5.08. The predicted octanol–water partition coefficient (Wildman–Crippen LogP) is 4.86. The zero-order valence-corrected chi connectivity index (χ0v) is 19.0. The van der Waals surface area contributed by atoms with Gasteiger partial charge in [0.25, 0.3) is 5.91 Å². The minimum atomic E-state index is -4.71. The molecule has 37 heavy (non-hydrogen) atoms. The molecule has 0 saturated heterocycles. The van der Waals surface area contributed by atoms with Gasteiger partial charge in [0.1, 0.15) is 11.6 Å². The van der Waals surface area contributed by atoms with Crippen molar-refractivity contribution >= 4 is 50.9 Å². The number of anilines is 3. The molecule has 5 aromatic rings. The van der Waals surface area contributed by atoms with Crippen molar-refractivity contribution in [2.45, 2.75) is 6.18 Å². The predicted molar refractivity (Wildman–Crippen MR) is 126 cm³/mol. The fourth-order valence-electron chi connectivity index (χ4n) is 3.26. The molecule has 0 bridgehead atoms. The zero-order chi connectivity index (χ0) is 26.2. The summed E-state index contributed by atoms with van der Waals surface area (Å²) in [4.78, 5) is 34.0. The van der Waals surface area contributed by atoms with Crippen LogP contribution in [-0.2, 0) is 6.18 Å². The molecule has 5 rings (SSSR count). The van der Waals surface area contributed by atoms with Gasteiger partial charge in [-0.3, -0.25) is 20.3 Å². The van der Waals surface area contributed by atoms with E-state index in [0.29, 0.717) is 45.6 Å². The Balaban J connectivity index is 1.35. The highest BCUT2D eigenvalue weighted by atomic mass is 32.1. The maximum Gasteiger partial charge on any atom is 0.416 e. The zero-order valence-electron chi connectivity index (χ0n) is 18.1. The topological polar surface area (TPSA) is 153 Å². The monoisotopic (exact) mass is 531 g/mol. The number of benzene rings is 1. The largest absolute Gasteiger partial charge is 0.416 e. The van der Waals surface area contributed by atoms with E-state index in [0.717, 1.165) is 11.3 Å². The normalized spacial score (nSPS) is 11.5. The number of alkyl halides is 3. The summed E-state index contributed by atoms with van der Waals surface area (Å²) in [6, 6.07) is 3.75. The standard InChI is InChI=1S/C21H13F4N9O2S/c22-12-2-1-9(21(23,24)25)5-13(12)30-19(36)32-20-26-8-15(37-20)14-6-10(11-7-28-34-17(11)29-14)18(35)31-16-3-4-27-33-16/h1-8H,(H,28,29,34)(H2,26,30,32,36)(H2,27,31,33,35). The van der Waals surface area contributed by atoms with Crippen LogP contribution in [0.25, 0.3) is 21.6 Å². The molecule has 0 spiro atoms. The molecule has 0 unspecified atom stereocenters. The molecule has 188 valence electrons. The molecule has 11 nitrogen and oxygen atoms in total. The van der Waals surface area contributed by atoms with Crippen molar-refractivity contribution in [2.24, 2.45) is 0 Å². The summed E-state index contributed by atoms with van der Waals surface area (Å²) in [6.45, 7) is 0. The maximum absolute atomic E-state index is 13.9. The van der Waals surface area contributed by atoms with Gasteiger partial charge in [-0.25, -0.2) is 19.2 Å². The summed E-state index contributed by atoms with van der Waals surface area (Å²) in [5, 5.41) is 20.6. The molecule has 1 aromatic carbocycles. The molecule has 0 saturated carbocycles. The van der Waals surface area contributed by atoms with Crippen LogP contribution >= 0.6 is 11.3 Å². The van der Waals surface area contributed by atoms with E-state index in [2.05, 4.69) is 41.0 Å². The summed E-state index contributed by atoms with van der Waals surface area (Å²) in [5.41, 5.74) is -0.852. The van der Waals surface area contributed by atoms with Crippen molar-refractivity contribution in [3.05, 3.63) is 65.9 Å². The van der Waals surface area contributed by atoms with Crippen molar-refractivity contribution in [1.82, 2.24) is 30.4 Å². The molecule has 0 aliphatic rings. The lowest BCUT2D eigenvalue weighted by Gasteiger charge is -2.11. The Morgan fingerprint density at radius 3 is 2.57 bits per heavy atom. The number of aromatic nitrogens is 6. The highest BCUT2D eigenvalue weighted by molar-refractivity contribution is 7.19. The van der Waals surface area contributed by atoms with Gasteiger partial charge in [-0.15, -0.1) is 0 Å². The first-order valence-corrected chi connectivity index (χ1v) is 11.0. The van der Waals surface area contributed by atoms with Gasteiger partial charge in [-0.05, 0) is 24.3 Å². The molecule has 0 aliphatic carbocycles. The smallest absolute Gasteiger partial charge is 0.307 e. The number of urea groups is 1. The molecule has 4 heterocycles. The number of hydrogen-bond donors (Lipinski definition) is 5. The Morgan fingerprint density at radius 1 is 0.973 bits per heavy atom. The number of rotatable bonds is 5.